The lowest BCUT2D eigenvalue weighted by atomic mass is 9.94. The Balaban J connectivity index is 1.52. The first-order chi connectivity index (χ1) is 12.5. The van der Waals surface area contributed by atoms with Crippen LogP contribution in [0, 0.1) is 11.3 Å². The van der Waals surface area contributed by atoms with Gasteiger partial charge in [0, 0.05) is 5.75 Å². The summed E-state index contributed by atoms with van der Waals surface area (Å²) in [7, 11) is 0. The zero-order chi connectivity index (χ0) is 18.6. The van der Waals surface area contributed by atoms with Gasteiger partial charge in [0.1, 0.15) is 0 Å². The highest BCUT2D eigenvalue weighted by Crippen LogP contribution is 2.35. The lowest BCUT2D eigenvalue weighted by Gasteiger charge is -2.27. The first-order valence-corrected chi connectivity index (χ1v) is 9.41. The smallest absolute Gasteiger partial charge is 0.231 e. The standard InChI is InChI=1S/C20H20N2O3S/c1-20(2,16-7-8-17-18(9-16)25-13-24-17)22-19(23)12-26-11-15-5-3-14(10-21)4-6-15/h3-9H,11-13H2,1-2H3,(H,22,23). The molecule has 1 aliphatic rings. The Hall–Kier alpha value is -2.65. The average Bonchev–Trinajstić information content (AvgIpc) is 3.09. The molecule has 0 aliphatic carbocycles. The van der Waals surface area contributed by atoms with E-state index in [0.29, 0.717) is 17.1 Å². The maximum atomic E-state index is 12.3. The number of thioether (sulfide) groups is 1. The molecule has 1 amide bonds. The number of nitriles is 1. The van der Waals surface area contributed by atoms with E-state index in [-0.39, 0.29) is 12.7 Å². The highest BCUT2D eigenvalue weighted by Gasteiger charge is 2.25. The largest absolute Gasteiger partial charge is 0.454 e. The number of carbonyl (C=O) groups is 1. The van der Waals surface area contributed by atoms with Gasteiger partial charge in [-0.2, -0.15) is 5.26 Å². The summed E-state index contributed by atoms with van der Waals surface area (Å²) in [6.07, 6.45) is 0. The molecule has 2 aromatic carbocycles. The third-order valence-corrected chi connectivity index (χ3v) is 5.13. The average molecular weight is 368 g/mol. The van der Waals surface area contributed by atoms with Crippen molar-refractivity contribution in [3.63, 3.8) is 0 Å². The van der Waals surface area contributed by atoms with Gasteiger partial charge in [0.2, 0.25) is 12.7 Å². The summed E-state index contributed by atoms with van der Waals surface area (Å²) >= 11 is 1.54. The SMILES string of the molecule is CC(C)(NC(=O)CSCc1ccc(C#N)cc1)c1ccc2c(c1)OCO2. The van der Waals surface area contributed by atoms with Crippen LogP contribution < -0.4 is 14.8 Å². The van der Waals surface area contributed by atoms with Crippen LogP contribution >= 0.6 is 11.8 Å². The van der Waals surface area contributed by atoms with E-state index in [0.717, 1.165) is 22.6 Å². The lowest BCUT2D eigenvalue weighted by Crippen LogP contribution is -2.41. The van der Waals surface area contributed by atoms with Crippen LogP contribution in [0.3, 0.4) is 0 Å². The molecule has 0 unspecified atom stereocenters. The van der Waals surface area contributed by atoms with E-state index in [4.69, 9.17) is 14.7 Å². The number of ether oxygens (including phenoxy) is 2. The molecule has 0 saturated heterocycles. The number of nitrogens with one attached hydrogen (secondary N) is 1. The molecule has 1 aliphatic heterocycles. The molecule has 26 heavy (non-hydrogen) atoms. The molecule has 134 valence electrons. The second-order valence-corrected chi connectivity index (χ2v) is 7.53. The highest BCUT2D eigenvalue weighted by molar-refractivity contribution is 7.99. The Bertz CT molecular complexity index is 841. The second kappa shape index (κ2) is 7.71. The summed E-state index contributed by atoms with van der Waals surface area (Å²) in [6.45, 7) is 4.17. The first-order valence-electron chi connectivity index (χ1n) is 8.26. The molecule has 0 radical (unpaired) electrons. The zero-order valence-electron chi connectivity index (χ0n) is 14.7. The molecule has 0 spiro atoms. The van der Waals surface area contributed by atoms with Crippen molar-refractivity contribution in [1.29, 1.82) is 5.26 Å². The van der Waals surface area contributed by atoms with Crippen LogP contribution in [0.2, 0.25) is 0 Å². The third kappa shape index (κ3) is 4.30. The Morgan fingerprint density at radius 3 is 2.65 bits per heavy atom. The van der Waals surface area contributed by atoms with Gasteiger partial charge >= 0.3 is 0 Å². The number of rotatable bonds is 6. The van der Waals surface area contributed by atoms with Gasteiger partial charge in [-0.3, -0.25) is 4.79 Å². The van der Waals surface area contributed by atoms with Crippen LogP contribution in [0.1, 0.15) is 30.5 Å². The maximum Gasteiger partial charge on any atom is 0.231 e. The van der Waals surface area contributed by atoms with Gasteiger partial charge < -0.3 is 14.8 Å². The molecule has 1 heterocycles. The third-order valence-electron chi connectivity index (χ3n) is 4.13. The van der Waals surface area contributed by atoms with Crippen LogP contribution in [0.4, 0.5) is 0 Å². The number of amides is 1. The molecule has 1 N–H and O–H groups in total. The maximum absolute atomic E-state index is 12.3. The Morgan fingerprint density at radius 2 is 1.92 bits per heavy atom. The molecule has 0 aromatic heterocycles. The molecular formula is C20H20N2O3S. The Kier molecular flexibility index (Phi) is 5.38. The van der Waals surface area contributed by atoms with Crippen molar-refractivity contribution in [1.82, 2.24) is 5.32 Å². The number of nitrogens with zero attached hydrogens (tertiary/aromatic N) is 1. The minimum atomic E-state index is -0.507. The van der Waals surface area contributed by atoms with Crippen molar-refractivity contribution in [3.05, 3.63) is 59.2 Å². The molecule has 6 heteroatoms. The number of fused-ring (bicyclic) bond motifs is 1. The van der Waals surface area contributed by atoms with Crippen LogP contribution in [-0.4, -0.2) is 18.5 Å². The van der Waals surface area contributed by atoms with Crippen LogP contribution in [-0.2, 0) is 16.1 Å². The molecule has 5 nitrogen and oxygen atoms in total. The van der Waals surface area contributed by atoms with E-state index < -0.39 is 5.54 Å². The molecule has 0 bridgehead atoms. The van der Waals surface area contributed by atoms with Crippen molar-refractivity contribution in [2.45, 2.75) is 25.1 Å². The first kappa shape index (κ1) is 18.2. The van der Waals surface area contributed by atoms with Crippen molar-refractivity contribution in [2.75, 3.05) is 12.5 Å². The quantitative estimate of drug-likeness (QED) is 0.844. The minimum absolute atomic E-state index is 0.0219. The summed E-state index contributed by atoms with van der Waals surface area (Å²) in [4.78, 5) is 12.3. The predicted octanol–water partition coefficient (Wildman–Crippen LogP) is 3.57. The van der Waals surface area contributed by atoms with Crippen molar-refractivity contribution < 1.29 is 14.3 Å². The zero-order valence-corrected chi connectivity index (χ0v) is 15.6. The summed E-state index contributed by atoms with van der Waals surface area (Å²) < 4.78 is 10.7. The Morgan fingerprint density at radius 1 is 1.19 bits per heavy atom. The molecule has 2 aromatic rings. The van der Waals surface area contributed by atoms with Gasteiger partial charge in [0.25, 0.3) is 0 Å². The molecule has 0 fully saturated rings. The van der Waals surface area contributed by atoms with Gasteiger partial charge in [-0.1, -0.05) is 18.2 Å². The van der Waals surface area contributed by atoms with Crippen molar-refractivity contribution >= 4 is 17.7 Å². The van der Waals surface area contributed by atoms with E-state index in [1.54, 1.807) is 23.9 Å². The van der Waals surface area contributed by atoms with Gasteiger partial charge in [0.15, 0.2) is 11.5 Å². The van der Waals surface area contributed by atoms with Crippen molar-refractivity contribution in [3.8, 4) is 17.6 Å². The highest BCUT2D eigenvalue weighted by atomic mass is 32.2. The number of hydrogen-bond donors (Lipinski definition) is 1. The van der Waals surface area contributed by atoms with E-state index in [2.05, 4.69) is 11.4 Å². The van der Waals surface area contributed by atoms with E-state index in [1.165, 1.54) is 0 Å². The topological polar surface area (TPSA) is 71.4 Å². The normalized spacial score (nSPS) is 12.5. The minimum Gasteiger partial charge on any atom is -0.454 e. The van der Waals surface area contributed by atoms with Gasteiger partial charge in [0.05, 0.1) is 22.9 Å². The fourth-order valence-corrected chi connectivity index (χ4v) is 3.47. The van der Waals surface area contributed by atoms with E-state index in [9.17, 15) is 4.79 Å². The number of carbonyl (C=O) groups excluding carboxylic acids is 1. The lowest BCUT2D eigenvalue weighted by molar-refractivity contribution is -0.120. The number of benzene rings is 2. The van der Waals surface area contributed by atoms with E-state index >= 15 is 0 Å². The van der Waals surface area contributed by atoms with Crippen LogP contribution in [0.5, 0.6) is 11.5 Å². The van der Waals surface area contributed by atoms with Crippen molar-refractivity contribution in [2.24, 2.45) is 0 Å². The summed E-state index contributed by atoms with van der Waals surface area (Å²) in [5.41, 5.74) is 2.19. The monoisotopic (exact) mass is 368 g/mol. The summed E-state index contributed by atoms with van der Waals surface area (Å²) in [6, 6.07) is 15.2. The van der Waals surface area contributed by atoms with Gasteiger partial charge in [-0.15, -0.1) is 11.8 Å². The summed E-state index contributed by atoms with van der Waals surface area (Å²) in [5, 5.41) is 11.9. The predicted molar refractivity (Wildman–Crippen MR) is 101 cm³/mol. The molecule has 0 saturated carbocycles. The summed E-state index contributed by atoms with van der Waals surface area (Å²) in [5.74, 6) is 2.51. The second-order valence-electron chi connectivity index (χ2n) is 6.54. The fourth-order valence-electron chi connectivity index (χ4n) is 2.68. The Labute approximate surface area is 157 Å². The molecular weight excluding hydrogens is 348 g/mol. The fraction of sp³-hybridized carbons (Fsp3) is 0.300. The molecule has 3 rings (SSSR count). The van der Waals surface area contributed by atoms with Crippen LogP contribution in [0.15, 0.2) is 42.5 Å². The van der Waals surface area contributed by atoms with Gasteiger partial charge in [-0.05, 0) is 49.2 Å². The van der Waals surface area contributed by atoms with Gasteiger partial charge in [-0.25, -0.2) is 0 Å². The van der Waals surface area contributed by atoms with E-state index in [1.807, 2.05) is 44.2 Å². The van der Waals surface area contributed by atoms with Crippen LogP contribution in [0.25, 0.3) is 0 Å². The molecule has 0 atom stereocenters. The number of hydrogen-bond acceptors (Lipinski definition) is 5.